The fourth-order valence-corrected chi connectivity index (χ4v) is 3.41. The van der Waals surface area contributed by atoms with Crippen molar-refractivity contribution in [1.82, 2.24) is 15.1 Å². The smallest absolute Gasteiger partial charge is 0.268 e. The van der Waals surface area contributed by atoms with Gasteiger partial charge in [0.25, 0.3) is 11.8 Å². The minimum absolute atomic E-state index is 0.00558. The molecule has 33 heavy (non-hydrogen) atoms. The first-order chi connectivity index (χ1) is 16.1. The topological polar surface area (TPSA) is 93.2 Å². The number of hydrogen-bond donors (Lipinski definition) is 0. The number of aromatic nitrogens is 2. The van der Waals surface area contributed by atoms with Crippen LogP contribution in [0.5, 0.6) is 0 Å². The molecule has 0 bridgehead atoms. The molecule has 1 amide bonds. The molecule has 1 aliphatic rings. The molecular weight excluding hydrogens is 418 g/mol. The number of benzene rings is 2. The Morgan fingerprint density at radius 2 is 1.64 bits per heavy atom. The molecule has 8 heteroatoms. The highest BCUT2D eigenvalue weighted by Crippen LogP contribution is 2.25. The number of ether oxygens (including phenoxy) is 1. The van der Waals surface area contributed by atoms with Crippen molar-refractivity contribution in [2.24, 2.45) is 9.98 Å². The van der Waals surface area contributed by atoms with E-state index in [1.165, 1.54) is 0 Å². The van der Waals surface area contributed by atoms with Crippen LogP contribution in [-0.2, 0) is 4.74 Å². The molecule has 0 aliphatic carbocycles. The van der Waals surface area contributed by atoms with Crippen molar-refractivity contribution in [3.8, 4) is 11.5 Å². The maximum absolute atomic E-state index is 12.7. The lowest BCUT2D eigenvalue weighted by Gasteiger charge is -2.26. The third kappa shape index (κ3) is 5.12. The van der Waals surface area contributed by atoms with Gasteiger partial charge in [0.2, 0.25) is 5.89 Å². The molecule has 0 unspecified atom stereocenters. The van der Waals surface area contributed by atoms with Gasteiger partial charge < -0.3 is 14.1 Å². The van der Waals surface area contributed by atoms with Crippen molar-refractivity contribution >= 4 is 24.0 Å². The van der Waals surface area contributed by atoms with Gasteiger partial charge in [0.05, 0.1) is 18.9 Å². The van der Waals surface area contributed by atoms with Crippen LogP contribution in [0.15, 0.2) is 74.7 Å². The largest absolute Gasteiger partial charge is 0.415 e. The Hall–Kier alpha value is -3.91. The van der Waals surface area contributed by atoms with E-state index in [1.807, 2.05) is 61.5 Å². The summed E-state index contributed by atoms with van der Waals surface area (Å²) in [5.74, 6) is 0.669. The predicted molar refractivity (Wildman–Crippen MR) is 127 cm³/mol. The number of carbonyl (C=O) groups excluding carboxylic acids is 1. The van der Waals surface area contributed by atoms with Crippen molar-refractivity contribution in [2.75, 3.05) is 26.3 Å². The van der Waals surface area contributed by atoms with Gasteiger partial charge in [-0.25, -0.2) is 4.99 Å². The van der Waals surface area contributed by atoms with Crippen LogP contribution in [0.4, 0.5) is 0 Å². The lowest BCUT2D eigenvalue weighted by Crippen LogP contribution is -2.40. The summed E-state index contributed by atoms with van der Waals surface area (Å²) in [6, 6.07) is 16.9. The first kappa shape index (κ1) is 22.3. The second kappa shape index (κ2) is 10.1. The van der Waals surface area contributed by atoms with Gasteiger partial charge in [-0.1, -0.05) is 30.3 Å². The molecule has 2 aromatic carbocycles. The summed E-state index contributed by atoms with van der Waals surface area (Å²) in [7, 11) is 0. The van der Waals surface area contributed by atoms with E-state index < -0.39 is 0 Å². The molecule has 0 atom stereocenters. The SMILES string of the molecule is C=N/C(C)=C(\N=C(/C)c1ccc(C(=O)N2CCOCC2)cc1)c1nnc(-c2ccccc2)o1. The number of aliphatic imine (C=N–C) groups is 2. The Morgan fingerprint density at radius 1 is 0.970 bits per heavy atom. The first-order valence-electron chi connectivity index (χ1n) is 10.7. The predicted octanol–water partition coefficient (Wildman–Crippen LogP) is 4.11. The Balaban J connectivity index is 1.58. The molecule has 2 heterocycles. The van der Waals surface area contributed by atoms with E-state index in [0.717, 1.165) is 16.8 Å². The Morgan fingerprint density at radius 3 is 2.30 bits per heavy atom. The molecule has 168 valence electrons. The van der Waals surface area contributed by atoms with E-state index in [0.29, 0.717) is 49.2 Å². The highest BCUT2D eigenvalue weighted by atomic mass is 16.5. The highest BCUT2D eigenvalue weighted by Gasteiger charge is 2.19. The van der Waals surface area contributed by atoms with Gasteiger partial charge in [0.1, 0.15) is 5.70 Å². The van der Waals surface area contributed by atoms with Gasteiger partial charge in [0.15, 0.2) is 0 Å². The van der Waals surface area contributed by atoms with E-state index in [-0.39, 0.29) is 11.8 Å². The molecule has 3 aromatic rings. The molecular formula is C25H25N5O3. The molecule has 1 saturated heterocycles. The van der Waals surface area contributed by atoms with Crippen LogP contribution >= 0.6 is 0 Å². The minimum Gasteiger partial charge on any atom is -0.415 e. The van der Waals surface area contributed by atoms with Crippen LogP contribution < -0.4 is 0 Å². The van der Waals surface area contributed by atoms with Crippen LogP contribution in [0, 0.1) is 0 Å². The van der Waals surface area contributed by atoms with Crippen molar-refractivity contribution in [1.29, 1.82) is 0 Å². The zero-order valence-corrected chi connectivity index (χ0v) is 18.7. The van der Waals surface area contributed by atoms with Crippen LogP contribution in [0.25, 0.3) is 17.2 Å². The number of allylic oxidation sites excluding steroid dienone is 1. The van der Waals surface area contributed by atoms with Crippen molar-refractivity contribution in [2.45, 2.75) is 13.8 Å². The maximum Gasteiger partial charge on any atom is 0.268 e. The van der Waals surface area contributed by atoms with Crippen LogP contribution in [0.2, 0.25) is 0 Å². The van der Waals surface area contributed by atoms with Crippen LogP contribution in [-0.4, -0.2) is 59.7 Å². The normalized spacial score (nSPS) is 15.2. The van der Waals surface area contributed by atoms with Crippen molar-refractivity contribution in [3.63, 3.8) is 0 Å². The quantitative estimate of drug-likeness (QED) is 0.535. The van der Waals surface area contributed by atoms with E-state index in [1.54, 1.807) is 11.8 Å². The van der Waals surface area contributed by atoms with Gasteiger partial charge in [-0.15, -0.1) is 10.2 Å². The second-order valence-electron chi connectivity index (χ2n) is 7.55. The number of hydrogen-bond acceptors (Lipinski definition) is 7. The highest BCUT2D eigenvalue weighted by molar-refractivity contribution is 6.02. The van der Waals surface area contributed by atoms with E-state index >= 15 is 0 Å². The fourth-order valence-electron chi connectivity index (χ4n) is 3.41. The molecule has 0 saturated carbocycles. The molecule has 0 radical (unpaired) electrons. The van der Waals surface area contributed by atoms with Crippen molar-refractivity contribution < 1.29 is 13.9 Å². The van der Waals surface area contributed by atoms with Gasteiger partial charge in [-0.2, -0.15) is 0 Å². The molecule has 1 aliphatic heterocycles. The Bertz CT molecular complexity index is 1190. The van der Waals surface area contributed by atoms with E-state index in [4.69, 9.17) is 14.1 Å². The second-order valence-corrected chi connectivity index (χ2v) is 7.55. The van der Waals surface area contributed by atoms with Gasteiger partial charge >= 0.3 is 0 Å². The molecule has 0 N–H and O–H groups in total. The van der Waals surface area contributed by atoms with Crippen LogP contribution in [0.1, 0.15) is 35.7 Å². The standard InChI is InChI=1S/C25H25N5O3/c1-17(19-9-11-21(12-10-19)25(31)30-13-15-32-16-14-30)27-22(18(2)26-3)24-29-28-23(33-24)20-7-5-4-6-8-20/h4-12H,3,13-16H2,1-2H3/b22-18-,27-17+. The lowest BCUT2D eigenvalue weighted by molar-refractivity contribution is 0.0303. The lowest BCUT2D eigenvalue weighted by atomic mass is 10.1. The first-order valence-corrected chi connectivity index (χ1v) is 10.7. The summed E-state index contributed by atoms with van der Waals surface area (Å²) < 4.78 is 11.2. The Kier molecular flexibility index (Phi) is 6.85. The summed E-state index contributed by atoms with van der Waals surface area (Å²) in [4.78, 5) is 23.2. The van der Waals surface area contributed by atoms with Gasteiger partial charge in [0, 0.05) is 29.9 Å². The van der Waals surface area contributed by atoms with Gasteiger partial charge in [-0.3, -0.25) is 9.79 Å². The van der Waals surface area contributed by atoms with Crippen LogP contribution in [0.3, 0.4) is 0 Å². The number of morpholine rings is 1. The Labute approximate surface area is 192 Å². The fraction of sp³-hybridized carbons (Fsp3) is 0.240. The number of carbonyl (C=O) groups is 1. The summed E-state index contributed by atoms with van der Waals surface area (Å²) in [6.07, 6.45) is 0. The average molecular weight is 444 g/mol. The molecule has 1 aromatic heterocycles. The number of nitrogens with zero attached hydrogens (tertiary/aromatic N) is 5. The number of amides is 1. The van der Waals surface area contributed by atoms with E-state index in [9.17, 15) is 4.79 Å². The molecule has 0 spiro atoms. The summed E-state index contributed by atoms with van der Waals surface area (Å²) >= 11 is 0. The van der Waals surface area contributed by atoms with Crippen molar-refractivity contribution in [3.05, 3.63) is 77.3 Å². The van der Waals surface area contributed by atoms with E-state index in [2.05, 4.69) is 21.9 Å². The third-order valence-corrected chi connectivity index (χ3v) is 5.36. The zero-order chi connectivity index (χ0) is 23.2. The third-order valence-electron chi connectivity index (χ3n) is 5.36. The minimum atomic E-state index is 0.00558. The molecule has 8 nitrogen and oxygen atoms in total. The maximum atomic E-state index is 12.7. The summed E-state index contributed by atoms with van der Waals surface area (Å²) in [5.41, 5.74) is 4.06. The number of rotatable bonds is 6. The molecule has 4 rings (SSSR count). The summed E-state index contributed by atoms with van der Waals surface area (Å²) in [5, 5.41) is 8.31. The molecule has 1 fully saturated rings. The average Bonchev–Trinajstić information content (AvgIpc) is 3.37. The monoisotopic (exact) mass is 443 g/mol. The zero-order valence-electron chi connectivity index (χ0n) is 18.7. The van der Waals surface area contributed by atoms with Gasteiger partial charge in [-0.05, 0) is 50.4 Å². The summed E-state index contributed by atoms with van der Waals surface area (Å²) in [6.45, 7) is 9.64.